The zero-order chi connectivity index (χ0) is 41.1. The van der Waals surface area contributed by atoms with Gasteiger partial charge in [-0.2, -0.15) is 5.06 Å². The fraction of sp³-hybridized carbons (Fsp3) is 0.638. The molecule has 59 heavy (non-hydrogen) atoms. The molecule has 10 atom stereocenters. The van der Waals surface area contributed by atoms with Gasteiger partial charge >= 0.3 is 5.97 Å². The van der Waals surface area contributed by atoms with Crippen molar-refractivity contribution in [1.82, 2.24) is 15.3 Å². The SMILES string of the molecule is CCCCCC1(CCCCC)OC2C3CC4(C(=O)N(C)C(Cc5ccccc5)C(=O)NCCO)C(ON(Cc5cccc(C=CC6CCC7OC7C6)c5)C4C(=O)O3)C2O1. The molecule has 6 fully saturated rings. The first kappa shape index (κ1) is 42.1. The maximum Gasteiger partial charge on any atom is 0.327 e. The minimum atomic E-state index is -1.43. The lowest BCUT2D eigenvalue weighted by Crippen LogP contribution is -2.70. The van der Waals surface area contributed by atoms with Gasteiger partial charge in [-0.1, -0.05) is 106 Å². The summed E-state index contributed by atoms with van der Waals surface area (Å²) in [7, 11) is 1.64. The Hall–Kier alpha value is -3.65. The van der Waals surface area contributed by atoms with E-state index in [2.05, 4.69) is 43.4 Å². The monoisotopic (exact) mass is 813 g/mol. The molecular formula is C47H63N3O9. The Kier molecular flexibility index (Phi) is 12.9. The molecule has 320 valence electrons. The number of esters is 1. The van der Waals surface area contributed by atoms with Crippen LogP contribution in [0.3, 0.4) is 0 Å². The molecule has 4 aliphatic heterocycles. The summed E-state index contributed by atoms with van der Waals surface area (Å²) in [6.07, 6.45) is 13.5. The highest BCUT2D eigenvalue weighted by atomic mass is 16.8. The van der Waals surface area contributed by atoms with Gasteiger partial charge in [0, 0.05) is 39.3 Å². The fourth-order valence-electron chi connectivity index (χ4n) is 10.5. The first-order valence-corrected chi connectivity index (χ1v) is 22.3. The van der Waals surface area contributed by atoms with E-state index in [-0.39, 0.29) is 38.4 Å². The lowest BCUT2D eigenvalue weighted by molar-refractivity contribution is -0.225. The molecule has 0 spiro atoms. The van der Waals surface area contributed by atoms with Crippen molar-refractivity contribution in [1.29, 1.82) is 0 Å². The van der Waals surface area contributed by atoms with Crippen molar-refractivity contribution in [3.63, 3.8) is 0 Å². The van der Waals surface area contributed by atoms with Crippen LogP contribution in [-0.2, 0) is 51.1 Å². The molecule has 12 heteroatoms. The van der Waals surface area contributed by atoms with E-state index < -0.39 is 59.6 Å². The number of unbranched alkanes of at least 4 members (excludes halogenated alkanes) is 4. The number of ether oxygens (including phenoxy) is 4. The third-order valence-electron chi connectivity index (χ3n) is 13.6. The molecule has 0 radical (unpaired) electrons. The number of benzene rings is 2. The van der Waals surface area contributed by atoms with E-state index in [9.17, 15) is 14.7 Å². The predicted molar refractivity (Wildman–Crippen MR) is 220 cm³/mol. The zero-order valence-corrected chi connectivity index (χ0v) is 35.0. The van der Waals surface area contributed by atoms with Crippen LogP contribution in [0, 0.1) is 11.3 Å². The fourth-order valence-corrected chi connectivity index (χ4v) is 10.5. The van der Waals surface area contributed by atoms with Crippen LogP contribution >= 0.6 is 0 Å². The van der Waals surface area contributed by atoms with E-state index >= 15 is 4.79 Å². The number of nitrogens with one attached hydrogen (secondary N) is 1. The highest BCUT2D eigenvalue weighted by Gasteiger charge is 2.76. The summed E-state index contributed by atoms with van der Waals surface area (Å²) >= 11 is 0. The number of likely N-dealkylation sites (N-methyl/N-ethyl adjacent to an activating group) is 1. The first-order valence-electron chi connectivity index (χ1n) is 22.3. The second kappa shape index (κ2) is 18.1. The van der Waals surface area contributed by atoms with Crippen molar-refractivity contribution in [3.8, 4) is 0 Å². The highest BCUT2D eigenvalue weighted by molar-refractivity contribution is 5.96. The third-order valence-corrected chi connectivity index (χ3v) is 13.6. The Labute approximate surface area is 348 Å². The van der Waals surface area contributed by atoms with E-state index in [1.165, 1.54) is 4.90 Å². The van der Waals surface area contributed by atoms with Crippen LogP contribution in [0.25, 0.3) is 6.08 Å². The van der Waals surface area contributed by atoms with E-state index in [4.69, 9.17) is 23.8 Å². The standard InChI is InChI=1S/C47H63N3O9/c1-4-6-11-22-46(23-12-7-5-2)57-39-38-29-47(45(54)49(3)35(43(52)48-24-25-51)27-31-14-9-8-10-15-31)41(44(53)56-38)50(59-42(47)40(39)58-46)30-34-17-13-16-32(26-34)18-19-33-20-21-36-37(28-33)55-36/h8-10,13-19,26,33,35-42,51H,4-7,11-12,20-25,27-30H2,1-3H3,(H,48,52). The van der Waals surface area contributed by atoms with Crippen molar-refractivity contribution in [2.45, 2.75) is 158 Å². The number of hydroxylamine groups is 2. The molecule has 2 aromatic carbocycles. The normalized spacial score (nSPS) is 32.0. The minimum absolute atomic E-state index is 0.0468. The van der Waals surface area contributed by atoms with Gasteiger partial charge in [0.05, 0.1) is 25.4 Å². The Morgan fingerprint density at radius 1 is 0.949 bits per heavy atom. The van der Waals surface area contributed by atoms with E-state index in [1.54, 1.807) is 12.1 Å². The molecule has 2 saturated carbocycles. The van der Waals surface area contributed by atoms with Crippen LogP contribution in [0.1, 0.15) is 108 Å². The number of aliphatic hydroxyl groups excluding tert-OH is 1. The second-order valence-corrected chi connectivity index (χ2v) is 17.7. The average molecular weight is 814 g/mol. The van der Waals surface area contributed by atoms with Crippen LogP contribution in [0.15, 0.2) is 60.7 Å². The van der Waals surface area contributed by atoms with Crippen molar-refractivity contribution in [2.75, 3.05) is 20.2 Å². The molecule has 4 heterocycles. The summed E-state index contributed by atoms with van der Waals surface area (Å²) in [6.45, 7) is 4.38. The Morgan fingerprint density at radius 2 is 1.69 bits per heavy atom. The summed E-state index contributed by atoms with van der Waals surface area (Å²) in [6, 6.07) is 15.7. The van der Waals surface area contributed by atoms with Crippen LogP contribution in [0.2, 0.25) is 0 Å². The first-order chi connectivity index (χ1) is 28.7. The summed E-state index contributed by atoms with van der Waals surface area (Å²) in [5.74, 6) is -1.72. The van der Waals surface area contributed by atoms with Gasteiger partial charge in [0.15, 0.2) is 11.8 Å². The van der Waals surface area contributed by atoms with Crippen LogP contribution < -0.4 is 5.32 Å². The molecule has 0 aromatic heterocycles. The number of allylic oxidation sites excluding steroid dienone is 1. The molecule has 2 aliphatic carbocycles. The lowest BCUT2D eigenvalue weighted by Gasteiger charge is -2.50. The molecule has 4 saturated heterocycles. The number of hydrogen-bond acceptors (Lipinski definition) is 10. The molecule has 2 aromatic rings. The van der Waals surface area contributed by atoms with Crippen LogP contribution in [0.5, 0.6) is 0 Å². The number of rotatable bonds is 19. The smallest absolute Gasteiger partial charge is 0.327 e. The number of nitrogens with zero attached hydrogens (tertiary/aromatic N) is 2. The van der Waals surface area contributed by atoms with E-state index in [1.807, 2.05) is 42.5 Å². The average Bonchev–Trinajstić information content (AvgIpc) is 3.80. The number of epoxide rings is 1. The third kappa shape index (κ3) is 8.63. The largest absolute Gasteiger partial charge is 0.458 e. The number of carbonyl (C=O) groups is 3. The lowest BCUT2D eigenvalue weighted by atomic mass is 9.62. The van der Waals surface area contributed by atoms with Crippen molar-refractivity contribution >= 4 is 23.9 Å². The van der Waals surface area contributed by atoms with E-state index in [0.29, 0.717) is 31.0 Å². The van der Waals surface area contributed by atoms with Crippen LogP contribution in [0.4, 0.5) is 0 Å². The van der Waals surface area contributed by atoms with Gasteiger partial charge < -0.3 is 34.3 Å². The van der Waals surface area contributed by atoms with Crippen molar-refractivity contribution < 1.29 is 43.3 Å². The van der Waals surface area contributed by atoms with E-state index in [0.717, 1.165) is 74.5 Å². The van der Waals surface area contributed by atoms with Gasteiger partial charge in [-0.05, 0) is 54.7 Å². The van der Waals surface area contributed by atoms with Gasteiger partial charge in [-0.15, -0.1) is 0 Å². The summed E-state index contributed by atoms with van der Waals surface area (Å²) in [5.41, 5.74) is 1.40. The number of fused-ring (bicyclic) bond motifs is 5. The molecule has 10 unspecified atom stereocenters. The zero-order valence-electron chi connectivity index (χ0n) is 35.0. The van der Waals surface area contributed by atoms with Gasteiger partial charge in [-0.25, -0.2) is 0 Å². The highest BCUT2D eigenvalue weighted by Crippen LogP contribution is 2.58. The minimum Gasteiger partial charge on any atom is -0.458 e. The number of amides is 2. The maximum absolute atomic E-state index is 15.6. The Bertz CT molecular complexity index is 1810. The van der Waals surface area contributed by atoms with Gasteiger partial charge in [0.25, 0.3) is 0 Å². The molecule has 2 bridgehead atoms. The van der Waals surface area contributed by atoms with Crippen molar-refractivity contribution in [2.24, 2.45) is 11.3 Å². The molecule has 2 N–H and O–H groups in total. The maximum atomic E-state index is 15.6. The molecule has 2 amide bonds. The number of hydrogen-bond donors (Lipinski definition) is 2. The van der Waals surface area contributed by atoms with Crippen molar-refractivity contribution in [3.05, 3.63) is 77.4 Å². The van der Waals surface area contributed by atoms with Gasteiger partial charge in [-0.3, -0.25) is 19.2 Å². The van der Waals surface area contributed by atoms with Gasteiger partial charge in [0.2, 0.25) is 11.8 Å². The molecule has 12 nitrogen and oxygen atoms in total. The summed E-state index contributed by atoms with van der Waals surface area (Å²) in [5, 5.41) is 14.0. The van der Waals surface area contributed by atoms with Gasteiger partial charge in [0.1, 0.15) is 35.9 Å². The molecule has 8 rings (SSSR count). The quantitative estimate of drug-likeness (QED) is 0.100. The Morgan fingerprint density at radius 3 is 2.42 bits per heavy atom. The summed E-state index contributed by atoms with van der Waals surface area (Å²) < 4.78 is 26.1. The predicted octanol–water partition coefficient (Wildman–Crippen LogP) is 5.89. The molecule has 6 aliphatic rings. The molecular weight excluding hydrogens is 751 g/mol. The topological polar surface area (TPSA) is 139 Å². The number of carbonyl (C=O) groups excluding carboxylic acids is 3. The Balaban J connectivity index is 1.13. The summed E-state index contributed by atoms with van der Waals surface area (Å²) in [4.78, 5) is 52.5. The second-order valence-electron chi connectivity index (χ2n) is 17.7. The van der Waals surface area contributed by atoms with Crippen LogP contribution in [-0.4, -0.2) is 108 Å². The number of aliphatic hydroxyl groups is 1.